The van der Waals surface area contributed by atoms with E-state index in [1.807, 2.05) is 6.92 Å². The van der Waals surface area contributed by atoms with Gasteiger partial charge in [-0.1, -0.05) is 11.8 Å². The third-order valence-corrected chi connectivity index (χ3v) is 6.27. The number of carbonyl (C=O) groups excluding carboxylic acids is 2. The second kappa shape index (κ2) is 9.60. The number of carbonyl (C=O) groups is 2. The van der Waals surface area contributed by atoms with Gasteiger partial charge in [-0.2, -0.15) is 0 Å². The fourth-order valence-electron chi connectivity index (χ4n) is 3.61. The summed E-state index contributed by atoms with van der Waals surface area (Å²) in [4.78, 5) is 38.5. The van der Waals surface area contributed by atoms with Crippen LogP contribution < -0.4 is 5.69 Å². The molecule has 2 atom stereocenters. The number of hydrogen-bond acceptors (Lipinski definition) is 7. The van der Waals surface area contributed by atoms with Crippen molar-refractivity contribution in [3.05, 3.63) is 10.5 Å². The molecule has 0 aromatic carbocycles. The number of H-pyrrole nitrogens is 1. The minimum absolute atomic E-state index is 0.00794. The summed E-state index contributed by atoms with van der Waals surface area (Å²) in [6.07, 6.45) is 3.17. The van der Waals surface area contributed by atoms with Crippen LogP contribution in [0.15, 0.2) is 9.95 Å². The van der Waals surface area contributed by atoms with Crippen LogP contribution in [0.5, 0.6) is 0 Å². The minimum Gasteiger partial charge on any atom is -0.466 e. The van der Waals surface area contributed by atoms with E-state index in [2.05, 4.69) is 10.2 Å². The molecule has 0 saturated carbocycles. The lowest BCUT2D eigenvalue weighted by Crippen LogP contribution is -2.43. The Balaban J connectivity index is 1.55. The predicted molar refractivity (Wildman–Crippen MR) is 103 cm³/mol. The average molecular weight is 413 g/mol. The van der Waals surface area contributed by atoms with Crippen LogP contribution in [0.3, 0.4) is 0 Å². The van der Waals surface area contributed by atoms with Crippen LogP contribution in [-0.2, 0) is 25.6 Å². The molecule has 10 heteroatoms. The molecule has 1 aromatic heterocycles. The predicted octanol–water partition coefficient (Wildman–Crippen LogP) is 1.03. The van der Waals surface area contributed by atoms with Crippen molar-refractivity contribution in [3.8, 4) is 0 Å². The van der Waals surface area contributed by atoms with Gasteiger partial charge in [-0.3, -0.25) is 14.2 Å². The molecule has 156 valence electrons. The number of aromatic nitrogens is 3. The van der Waals surface area contributed by atoms with E-state index >= 15 is 0 Å². The Morgan fingerprint density at radius 1 is 1.36 bits per heavy atom. The fourth-order valence-corrected chi connectivity index (χ4v) is 4.56. The van der Waals surface area contributed by atoms with Crippen molar-refractivity contribution in [2.45, 2.75) is 62.6 Å². The number of likely N-dealkylation sites (tertiary alicyclic amines) is 1. The highest BCUT2D eigenvalue weighted by Gasteiger charge is 2.31. The van der Waals surface area contributed by atoms with E-state index in [1.54, 1.807) is 16.4 Å². The van der Waals surface area contributed by atoms with Crippen LogP contribution in [0, 0.1) is 5.92 Å². The maximum absolute atomic E-state index is 12.8. The monoisotopic (exact) mass is 412 g/mol. The summed E-state index contributed by atoms with van der Waals surface area (Å²) in [5.41, 5.74) is -0.284. The molecule has 2 saturated heterocycles. The number of ether oxygens (including phenoxy) is 2. The van der Waals surface area contributed by atoms with Crippen molar-refractivity contribution in [1.29, 1.82) is 0 Å². The van der Waals surface area contributed by atoms with Crippen molar-refractivity contribution in [2.75, 3.05) is 26.3 Å². The zero-order valence-corrected chi connectivity index (χ0v) is 17.2. The molecule has 1 N–H and O–H groups in total. The number of piperidine rings is 1. The van der Waals surface area contributed by atoms with Crippen molar-refractivity contribution in [3.63, 3.8) is 0 Å². The number of amides is 1. The Morgan fingerprint density at radius 3 is 2.75 bits per heavy atom. The highest BCUT2D eigenvalue weighted by molar-refractivity contribution is 8.00. The van der Waals surface area contributed by atoms with Gasteiger partial charge in [0, 0.05) is 19.7 Å². The molecule has 0 aliphatic carbocycles. The van der Waals surface area contributed by atoms with E-state index in [-0.39, 0.29) is 34.8 Å². The molecule has 1 aromatic rings. The summed E-state index contributed by atoms with van der Waals surface area (Å²) >= 11 is 1.27. The number of hydrogen-bond donors (Lipinski definition) is 1. The Morgan fingerprint density at radius 2 is 2.11 bits per heavy atom. The van der Waals surface area contributed by atoms with Crippen molar-refractivity contribution < 1.29 is 19.1 Å². The zero-order chi connectivity index (χ0) is 20.1. The standard InChI is InChI=1S/C18H28N4O5S/c1-3-26-16(24)13-6-8-21(9-7-13)15(23)12(2)28-18-20-19-17(25)22(18)11-14-5-4-10-27-14/h12-14H,3-11H2,1-2H3,(H,19,25). The molecule has 0 radical (unpaired) electrons. The van der Waals surface area contributed by atoms with Gasteiger partial charge in [0.2, 0.25) is 5.91 Å². The van der Waals surface area contributed by atoms with Crippen LogP contribution in [0.25, 0.3) is 0 Å². The molecule has 3 rings (SSSR count). The van der Waals surface area contributed by atoms with E-state index in [0.717, 1.165) is 19.4 Å². The molecule has 28 heavy (non-hydrogen) atoms. The number of aromatic amines is 1. The van der Waals surface area contributed by atoms with Crippen molar-refractivity contribution in [1.82, 2.24) is 19.7 Å². The van der Waals surface area contributed by atoms with Crippen LogP contribution in [0.2, 0.25) is 0 Å². The quantitative estimate of drug-likeness (QED) is 0.527. The van der Waals surface area contributed by atoms with E-state index in [0.29, 0.717) is 44.2 Å². The highest BCUT2D eigenvalue weighted by atomic mass is 32.2. The van der Waals surface area contributed by atoms with E-state index in [4.69, 9.17) is 9.47 Å². The van der Waals surface area contributed by atoms with Crippen molar-refractivity contribution in [2.24, 2.45) is 5.92 Å². The molecule has 2 aliphatic rings. The molecule has 2 fully saturated rings. The molecule has 2 aliphatic heterocycles. The summed E-state index contributed by atoms with van der Waals surface area (Å²) in [7, 11) is 0. The highest BCUT2D eigenvalue weighted by Crippen LogP contribution is 2.26. The number of nitrogens with zero attached hydrogens (tertiary/aromatic N) is 3. The van der Waals surface area contributed by atoms with Gasteiger partial charge in [0.05, 0.1) is 30.4 Å². The lowest BCUT2D eigenvalue weighted by molar-refractivity contribution is -0.151. The molecule has 0 spiro atoms. The molecule has 2 unspecified atom stereocenters. The minimum atomic E-state index is -0.377. The summed E-state index contributed by atoms with van der Waals surface area (Å²) in [6.45, 7) is 6.23. The molecule has 0 bridgehead atoms. The topological polar surface area (TPSA) is 107 Å². The van der Waals surface area contributed by atoms with E-state index < -0.39 is 0 Å². The zero-order valence-electron chi connectivity index (χ0n) is 16.4. The van der Waals surface area contributed by atoms with Gasteiger partial charge in [-0.15, -0.1) is 5.10 Å². The summed E-state index contributed by atoms with van der Waals surface area (Å²) in [5.74, 6) is -0.312. The molecule has 3 heterocycles. The van der Waals surface area contributed by atoms with Crippen molar-refractivity contribution >= 4 is 23.6 Å². The van der Waals surface area contributed by atoms with Gasteiger partial charge in [0.1, 0.15) is 0 Å². The Bertz CT molecular complexity index is 735. The summed E-state index contributed by atoms with van der Waals surface area (Å²) in [5, 5.41) is 6.68. The number of esters is 1. The van der Waals surface area contributed by atoms with Gasteiger partial charge in [0.25, 0.3) is 0 Å². The normalized spacial score (nSPS) is 21.6. The lowest BCUT2D eigenvalue weighted by Gasteiger charge is -2.32. The number of thioether (sulfide) groups is 1. The second-order valence-corrected chi connectivity index (χ2v) is 8.48. The number of nitrogens with one attached hydrogen (secondary N) is 1. The maximum atomic E-state index is 12.8. The van der Waals surface area contributed by atoms with Gasteiger partial charge in [-0.25, -0.2) is 9.89 Å². The SMILES string of the molecule is CCOC(=O)C1CCN(C(=O)C(C)Sc2n[nH]c(=O)n2CC2CCCO2)CC1. The van der Waals surface area contributed by atoms with Crippen LogP contribution >= 0.6 is 11.8 Å². The van der Waals surface area contributed by atoms with Gasteiger partial charge in [-0.05, 0) is 39.5 Å². The molecule has 9 nitrogen and oxygen atoms in total. The van der Waals surface area contributed by atoms with Crippen LogP contribution in [0.1, 0.15) is 39.5 Å². The van der Waals surface area contributed by atoms with Gasteiger partial charge in [0.15, 0.2) is 5.16 Å². The Labute approximate surface area is 168 Å². The van der Waals surface area contributed by atoms with Crippen LogP contribution in [0.4, 0.5) is 0 Å². The van der Waals surface area contributed by atoms with Crippen LogP contribution in [-0.4, -0.2) is 69.2 Å². The molecular formula is C18H28N4O5S. The first-order chi connectivity index (χ1) is 13.5. The maximum Gasteiger partial charge on any atom is 0.344 e. The molecular weight excluding hydrogens is 384 g/mol. The first kappa shape index (κ1) is 20.9. The molecule has 1 amide bonds. The summed E-state index contributed by atoms with van der Waals surface area (Å²) < 4.78 is 12.2. The smallest absolute Gasteiger partial charge is 0.344 e. The number of rotatable bonds is 7. The summed E-state index contributed by atoms with van der Waals surface area (Å²) in [6, 6.07) is 0. The third-order valence-electron chi connectivity index (χ3n) is 5.19. The third kappa shape index (κ3) is 4.96. The van der Waals surface area contributed by atoms with Gasteiger partial charge >= 0.3 is 11.7 Å². The van der Waals surface area contributed by atoms with E-state index in [9.17, 15) is 14.4 Å². The first-order valence-corrected chi connectivity index (χ1v) is 10.8. The average Bonchev–Trinajstić information content (AvgIpc) is 3.33. The van der Waals surface area contributed by atoms with Gasteiger partial charge < -0.3 is 14.4 Å². The Kier molecular flexibility index (Phi) is 7.17. The first-order valence-electron chi connectivity index (χ1n) is 9.88. The second-order valence-electron chi connectivity index (χ2n) is 7.17. The lowest BCUT2D eigenvalue weighted by atomic mass is 9.97. The Hall–Kier alpha value is -1.81. The fraction of sp³-hybridized carbons (Fsp3) is 0.778. The van der Waals surface area contributed by atoms with E-state index in [1.165, 1.54) is 11.8 Å². The largest absolute Gasteiger partial charge is 0.466 e.